The van der Waals surface area contributed by atoms with Gasteiger partial charge in [-0.25, -0.2) is 4.79 Å². The lowest BCUT2D eigenvalue weighted by Crippen LogP contribution is -2.57. The smallest absolute Gasteiger partial charge is 0.410 e. The Morgan fingerprint density at radius 3 is 2.56 bits per heavy atom. The molecule has 0 radical (unpaired) electrons. The molecule has 2 bridgehead atoms. The van der Waals surface area contributed by atoms with Crippen molar-refractivity contribution in [2.24, 2.45) is 11.7 Å². The maximum Gasteiger partial charge on any atom is 0.410 e. The van der Waals surface area contributed by atoms with E-state index in [0.717, 1.165) is 0 Å². The predicted molar refractivity (Wildman–Crippen MR) is 60.8 cm³/mol. The molecule has 16 heavy (non-hydrogen) atoms. The molecule has 92 valence electrons. The van der Waals surface area contributed by atoms with Crippen molar-refractivity contribution in [1.29, 1.82) is 0 Å². The van der Waals surface area contributed by atoms with Crippen LogP contribution in [0.25, 0.3) is 0 Å². The summed E-state index contributed by atoms with van der Waals surface area (Å²) >= 11 is 0. The van der Waals surface area contributed by atoms with Gasteiger partial charge >= 0.3 is 6.09 Å². The van der Waals surface area contributed by atoms with Crippen molar-refractivity contribution in [1.82, 2.24) is 10.2 Å². The molecule has 0 aromatic rings. The summed E-state index contributed by atoms with van der Waals surface area (Å²) in [6.45, 7) is 8.45. The lowest BCUT2D eigenvalue weighted by Gasteiger charge is -2.33. The average molecular weight is 227 g/mol. The summed E-state index contributed by atoms with van der Waals surface area (Å²) in [6, 6.07) is 0.382. The summed E-state index contributed by atoms with van der Waals surface area (Å²) in [6.07, 6.45) is -0.370. The molecule has 0 aromatic carbocycles. The van der Waals surface area contributed by atoms with E-state index in [9.17, 15) is 4.79 Å². The molecule has 2 aliphatic rings. The van der Waals surface area contributed by atoms with Crippen molar-refractivity contribution in [3.63, 3.8) is 0 Å². The van der Waals surface area contributed by atoms with Crippen LogP contribution in [-0.2, 0) is 4.74 Å². The van der Waals surface area contributed by atoms with Crippen LogP contribution in [0, 0.1) is 5.92 Å². The molecule has 2 saturated heterocycles. The Kier molecular flexibility index (Phi) is 2.62. The number of hydrogen-bond acceptors (Lipinski definition) is 4. The molecule has 2 fully saturated rings. The number of nitrogens with zero attached hydrogens (tertiary/aromatic N) is 1. The van der Waals surface area contributed by atoms with Crippen LogP contribution in [0.3, 0.4) is 0 Å². The minimum Gasteiger partial charge on any atom is -0.444 e. The van der Waals surface area contributed by atoms with Crippen molar-refractivity contribution in [3.8, 4) is 0 Å². The molecule has 4 unspecified atom stereocenters. The summed E-state index contributed by atoms with van der Waals surface area (Å²) in [4.78, 5) is 13.7. The van der Waals surface area contributed by atoms with Crippen molar-refractivity contribution in [3.05, 3.63) is 0 Å². The molecule has 3 N–H and O–H groups in total. The molecule has 0 aromatic heterocycles. The summed E-state index contributed by atoms with van der Waals surface area (Å²) in [5, 5.41) is 3.28. The van der Waals surface area contributed by atoms with Crippen LogP contribution in [0.4, 0.5) is 4.79 Å². The van der Waals surface area contributed by atoms with E-state index < -0.39 is 5.60 Å². The predicted octanol–water partition coefficient (Wildman–Crippen LogP) is 0.498. The first-order valence-corrected chi connectivity index (χ1v) is 5.81. The zero-order valence-electron chi connectivity index (χ0n) is 10.4. The summed E-state index contributed by atoms with van der Waals surface area (Å²) in [5.41, 5.74) is 5.50. The number of rotatable bonds is 0. The van der Waals surface area contributed by atoms with Crippen molar-refractivity contribution in [2.45, 2.75) is 51.5 Å². The molecular formula is C11H21N3O2. The van der Waals surface area contributed by atoms with Gasteiger partial charge in [-0.3, -0.25) is 5.32 Å². The van der Waals surface area contributed by atoms with E-state index in [1.54, 1.807) is 4.90 Å². The first-order chi connectivity index (χ1) is 7.29. The van der Waals surface area contributed by atoms with Gasteiger partial charge < -0.3 is 15.4 Å². The SMILES string of the molecule is CC1C2CN(C(=O)OC(C)(C)C)C1C(N)N2. The minimum atomic E-state index is -0.445. The van der Waals surface area contributed by atoms with Crippen molar-refractivity contribution in [2.75, 3.05) is 6.54 Å². The van der Waals surface area contributed by atoms with Gasteiger partial charge in [0.1, 0.15) is 5.60 Å². The highest BCUT2D eigenvalue weighted by molar-refractivity contribution is 5.69. The highest BCUT2D eigenvalue weighted by atomic mass is 16.6. The Morgan fingerprint density at radius 1 is 1.50 bits per heavy atom. The van der Waals surface area contributed by atoms with Crippen LogP contribution in [0.15, 0.2) is 0 Å². The van der Waals surface area contributed by atoms with E-state index in [0.29, 0.717) is 18.5 Å². The van der Waals surface area contributed by atoms with Gasteiger partial charge in [-0.05, 0) is 26.7 Å². The van der Waals surface area contributed by atoms with Crippen LogP contribution in [0.2, 0.25) is 0 Å². The number of amides is 1. The topological polar surface area (TPSA) is 67.6 Å². The van der Waals surface area contributed by atoms with Crippen LogP contribution in [-0.4, -0.2) is 41.4 Å². The van der Waals surface area contributed by atoms with Crippen molar-refractivity contribution < 1.29 is 9.53 Å². The Hall–Kier alpha value is -0.810. The molecule has 0 saturated carbocycles. The molecule has 0 spiro atoms. The largest absolute Gasteiger partial charge is 0.444 e. The Bertz CT molecular complexity index is 300. The normalized spacial score (nSPS) is 37.9. The van der Waals surface area contributed by atoms with E-state index in [2.05, 4.69) is 12.2 Å². The monoisotopic (exact) mass is 227 g/mol. The average Bonchev–Trinajstić information content (AvgIpc) is 2.54. The number of piperazine rings is 1. The standard InChI is InChI=1S/C11H21N3O2/c1-6-7-5-14(8(6)9(12)13-7)10(15)16-11(2,3)4/h6-9,13H,5,12H2,1-4H3. The highest BCUT2D eigenvalue weighted by Gasteiger charge is 2.51. The Labute approximate surface area is 96.3 Å². The number of carbonyl (C=O) groups excluding carboxylic acids is 1. The summed E-state index contributed by atoms with van der Waals surface area (Å²) in [7, 11) is 0. The van der Waals surface area contributed by atoms with Crippen LogP contribution < -0.4 is 11.1 Å². The Morgan fingerprint density at radius 2 is 2.12 bits per heavy atom. The fourth-order valence-corrected chi connectivity index (χ4v) is 2.61. The van der Waals surface area contributed by atoms with Gasteiger partial charge in [0.05, 0.1) is 12.2 Å². The fourth-order valence-electron chi connectivity index (χ4n) is 2.61. The van der Waals surface area contributed by atoms with Crippen LogP contribution >= 0.6 is 0 Å². The van der Waals surface area contributed by atoms with Gasteiger partial charge in [0.25, 0.3) is 0 Å². The van der Waals surface area contributed by atoms with Crippen LogP contribution in [0.1, 0.15) is 27.7 Å². The third kappa shape index (κ3) is 1.89. The lowest BCUT2D eigenvalue weighted by atomic mass is 10.0. The molecule has 4 atom stereocenters. The van der Waals surface area contributed by atoms with E-state index >= 15 is 0 Å². The molecule has 2 rings (SSSR count). The lowest BCUT2D eigenvalue weighted by molar-refractivity contribution is 0.0156. The van der Waals surface area contributed by atoms with Crippen molar-refractivity contribution >= 4 is 6.09 Å². The van der Waals surface area contributed by atoms with Gasteiger partial charge in [-0.2, -0.15) is 0 Å². The summed E-state index contributed by atoms with van der Waals surface area (Å²) in [5.74, 6) is 0.405. The molecule has 2 aliphatic heterocycles. The number of fused-ring (bicyclic) bond motifs is 2. The molecule has 1 amide bonds. The van der Waals surface area contributed by atoms with Gasteiger partial charge in [-0.15, -0.1) is 0 Å². The van der Waals surface area contributed by atoms with E-state index in [4.69, 9.17) is 10.5 Å². The van der Waals surface area contributed by atoms with E-state index in [1.807, 2.05) is 20.8 Å². The van der Waals surface area contributed by atoms with E-state index in [1.165, 1.54) is 0 Å². The van der Waals surface area contributed by atoms with E-state index in [-0.39, 0.29) is 18.3 Å². The number of hydrogen-bond donors (Lipinski definition) is 2. The van der Waals surface area contributed by atoms with Gasteiger partial charge in [0.15, 0.2) is 0 Å². The second kappa shape index (κ2) is 3.60. The minimum absolute atomic E-state index is 0.0693. The molecule has 5 nitrogen and oxygen atoms in total. The molecule has 0 aliphatic carbocycles. The molecular weight excluding hydrogens is 206 g/mol. The number of carbonyl (C=O) groups is 1. The zero-order chi connectivity index (χ0) is 12.1. The highest BCUT2D eigenvalue weighted by Crippen LogP contribution is 2.32. The first kappa shape index (κ1) is 11.7. The fraction of sp³-hybridized carbons (Fsp3) is 0.909. The summed E-state index contributed by atoms with van der Waals surface area (Å²) < 4.78 is 5.37. The van der Waals surface area contributed by atoms with Crippen LogP contribution in [0.5, 0.6) is 0 Å². The quantitative estimate of drug-likeness (QED) is 0.632. The Balaban J connectivity index is 2.05. The van der Waals surface area contributed by atoms with Gasteiger partial charge in [0, 0.05) is 12.6 Å². The maximum atomic E-state index is 12.0. The number of likely N-dealkylation sites (tertiary alicyclic amines) is 1. The maximum absolute atomic E-state index is 12.0. The zero-order valence-corrected chi connectivity index (χ0v) is 10.4. The third-order valence-electron chi connectivity index (χ3n) is 3.33. The number of nitrogens with two attached hydrogens (primary N) is 1. The first-order valence-electron chi connectivity index (χ1n) is 5.81. The van der Waals surface area contributed by atoms with Gasteiger partial charge in [-0.1, -0.05) is 6.92 Å². The van der Waals surface area contributed by atoms with Gasteiger partial charge in [0.2, 0.25) is 0 Å². The number of ether oxygens (including phenoxy) is 1. The molecule has 5 heteroatoms. The molecule has 2 heterocycles. The number of nitrogens with one attached hydrogen (secondary N) is 1. The second-order valence-corrected chi connectivity index (χ2v) is 5.78. The third-order valence-corrected chi connectivity index (χ3v) is 3.33. The second-order valence-electron chi connectivity index (χ2n) is 5.78.